The predicted octanol–water partition coefficient (Wildman–Crippen LogP) is 3.86. The van der Waals surface area contributed by atoms with E-state index in [0.29, 0.717) is 5.02 Å². The quantitative estimate of drug-likeness (QED) is 0.825. The standard InChI is InChI=1S/C14H15ClN2O/c1-17(2)11-5-3-10(4-6-11)16-14-8-7-12(18)9-13(14)15/h3-9,16,18H,1-2H3. The number of benzene rings is 2. The molecule has 0 aliphatic carbocycles. The molecular formula is C14H15ClN2O. The minimum absolute atomic E-state index is 0.161. The summed E-state index contributed by atoms with van der Waals surface area (Å²) in [6.07, 6.45) is 0. The Morgan fingerprint density at radius 2 is 1.72 bits per heavy atom. The maximum Gasteiger partial charge on any atom is 0.117 e. The third kappa shape index (κ3) is 2.87. The molecule has 2 aromatic carbocycles. The van der Waals surface area contributed by atoms with Crippen LogP contribution in [0.1, 0.15) is 0 Å². The van der Waals surface area contributed by atoms with E-state index in [2.05, 4.69) is 5.32 Å². The van der Waals surface area contributed by atoms with E-state index in [1.54, 1.807) is 12.1 Å². The van der Waals surface area contributed by atoms with E-state index in [1.165, 1.54) is 6.07 Å². The van der Waals surface area contributed by atoms with Gasteiger partial charge in [-0.05, 0) is 36.4 Å². The van der Waals surface area contributed by atoms with Crippen LogP contribution in [-0.2, 0) is 0 Å². The first-order valence-electron chi connectivity index (χ1n) is 5.59. The summed E-state index contributed by atoms with van der Waals surface area (Å²) in [4.78, 5) is 2.04. The molecule has 0 heterocycles. The molecule has 0 atom stereocenters. The second kappa shape index (κ2) is 5.19. The molecule has 0 unspecified atom stereocenters. The van der Waals surface area contributed by atoms with E-state index in [9.17, 15) is 5.11 Å². The molecular weight excluding hydrogens is 248 g/mol. The second-order valence-corrected chi connectivity index (χ2v) is 4.64. The monoisotopic (exact) mass is 262 g/mol. The summed E-state index contributed by atoms with van der Waals surface area (Å²) >= 11 is 6.03. The molecule has 0 aliphatic rings. The van der Waals surface area contributed by atoms with Crippen molar-refractivity contribution in [1.29, 1.82) is 0 Å². The van der Waals surface area contributed by atoms with Gasteiger partial charge in [-0.1, -0.05) is 11.6 Å². The van der Waals surface area contributed by atoms with Crippen LogP contribution in [0.5, 0.6) is 5.75 Å². The number of nitrogens with one attached hydrogen (secondary N) is 1. The lowest BCUT2D eigenvalue weighted by Crippen LogP contribution is -2.08. The van der Waals surface area contributed by atoms with Crippen molar-refractivity contribution in [3.63, 3.8) is 0 Å². The van der Waals surface area contributed by atoms with E-state index in [0.717, 1.165) is 17.1 Å². The highest BCUT2D eigenvalue weighted by Gasteiger charge is 2.02. The molecule has 18 heavy (non-hydrogen) atoms. The van der Waals surface area contributed by atoms with Gasteiger partial charge in [-0.2, -0.15) is 0 Å². The number of halogens is 1. The summed E-state index contributed by atoms with van der Waals surface area (Å²) in [5, 5.41) is 13.0. The lowest BCUT2D eigenvalue weighted by atomic mass is 10.2. The van der Waals surface area contributed by atoms with Crippen molar-refractivity contribution in [2.45, 2.75) is 0 Å². The van der Waals surface area contributed by atoms with Crippen LogP contribution in [0.4, 0.5) is 17.1 Å². The average Bonchev–Trinajstić information content (AvgIpc) is 2.33. The highest BCUT2D eigenvalue weighted by Crippen LogP contribution is 2.29. The maximum absolute atomic E-state index is 9.28. The second-order valence-electron chi connectivity index (χ2n) is 4.23. The number of aromatic hydroxyl groups is 1. The molecule has 0 aliphatic heterocycles. The predicted molar refractivity (Wildman–Crippen MR) is 77.2 cm³/mol. The van der Waals surface area contributed by atoms with Crippen LogP contribution in [0.3, 0.4) is 0 Å². The van der Waals surface area contributed by atoms with Gasteiger partial charge >= 0.3 is 0 Å². The van der Waals surface area contributed by atoms with Gasteiger partial charge in [0.1, 0.15) is 5.75 Å². The van der Waals surface area contributed by atoms with Gasteiger partial charge in [-0.25, -0.2) is 0 Å². The number of hydrogen-bond acceptors (Lipinski definition) is 3. The third-order valence-electron chi connectivity index (χ3n) is 2.62. The molecule has 0 saturated carbocycles. The highest BCUT2D eigenvalue weighted by molar-refractivity contribution is 6.33. The van der Waals surface area contributed by atoms with Crippen LogP contribution in [0.25, 0.3) is 0 Å². The largest absolute Gasteiger partial charge is 0.508 e. The Hall–Kier alpha value is -1.87. The number of nitrogens with zero attached hydrogens (tertiary/aromatic N) is 1. The number of phenolic OH excluding ortho intramolecular Hbond substituents is 1. The van der Waals surface area contributed by atoms with Crippen LogP contribution in [0, 0.1) is 0 Å². The molecule has 0 bridgehead atoms. The van der Waals surface area contributed by atoms with Gasteiger partial charge in [0.25, 0.3) is 0 Å². The normalized spacial score (nSPS) is 10.2. The molecule has 3 nitrogen and oxygen atoms in total. The Balaban J connectivity index is 2.18. The van der Waals surface area contributed by atoms with Crippen molar-refractivity contribution in [2.75, 3.05) is 24.3 Å². The summed E-state index contributed by atoms with van der Waals surface area (Å²) in [6, 6.07) is 12.9. The molecule has 0 spiro atoms. The molecule has 4 heteroatoms. The molecule has 2 aromatic rings. The Bertz CT molecular complexity index is 538. The van der Waals surface area contributed by atoms with Crippen molar-refractivity contribution in [1.82, 2.24) is 0 Å². The van der Waals surface area contributed by atoms with E-state index >= 15 is 0 Å². The van der Waals surface area contributed by atoms with Crippen molar-refractivity contribution in [3.05, 3.63) is 47.5 Å². The summed E-state index contributed by atoms with van der Waals surface area (Å²) < 4.78 is 0. The average molecular weight is 263 g/mol. The van der Waals surface area contributed by atoms with Crippen LogP contribution in [0.15, 0.2) is 42.5 Å². The summed E-state index contributed by atoms with van der Waals surface area (Å²) in [5.41, 5.74) is 2.86. The molecule has 0 fully saturated rings. The van der Waals surface area contributed by atoms with E-state index in [-0.39, 0.29) is 5.75 Å². The summed E-state index contributed by atoms with van der Waals surface area (Å²) in [7, 11) is 4.00. The number of rotatable bonds is 3. The van der Waals surface area contributed by atoms with Gasteiger partial charge in [0.2, 0.25) is 0 Å². The minimum atomic E-state index is 0.161. The van der Waals surface area contributed by atoms with Crippen LogP contribution in [-0.4, -0.2) is 19.2 Å². The van der Waals surface area contributed by atoms with Gasteiger partial charge in [0, 0.05) is 31.5 Å². The zero-order valence-electron chi connectivity index (χ0n) is 10.3. The van der Waals surface area contributed by atoms with E-state index in [1.807, 2.05) is 43.3 Å². The van der Waals surface area contributed by atoms with Crippen molar-refractivity contribution in [3.8, 4) is 5.75 Å². The fourth-order valence-corrected chi connectivity index (χ4v) is 1.83. The smallest absolute Gasteiger partial charge is 0.117 e. The Morgan fingerprint density at radius 1 is 1.06 bits per heavy atom. The van der Waals surface area contributed by atoms with Crippen LogP contribution < -0.4 is 10.2 Å². The van der Waals surface area contributed by atoms with Gasteiger partial charge in [-0.15, -0.1) is 0 Å². The molecule has 0 amide bonds. The van der Waals surface area contributed by atoms with Crippen molar-refractivity contribution < 1.29 is 5.11 Å². The maximum atomic E-state index is 9.28. The number of phenols is 1. The lowest BCUT2D eigenvalue weighted by molar-refractivity contribution is 0.475. The van der Waals surface area contributed by atoms with Crippen molar-refractivity contribution >= 4 is 28.7 Å². The van der Waals surface area contributed by atoms with Gasteiger partial charge in [0.15, 0.2) is 0 Å². The Kier molecular flexibility index (Phi) is 3.63. The van der Waals surface area contributed by atoms with Gasteiger partial charge in [0.05, 0.1) is 10.7 Å². The number of anilines is 3. The first kappa shape index (κ1) is 12.6. The molecule has 2 rings (SSSR count). The third-order valence-corrected chi connectivity index (χ3v) is 2.93. The van der Waals surface area contributed by atoms with Crippen molar-refractivity contribution in [2.24, 2.45) is 0 Å². The van der Waals surface area contributed by atoms with Gasteiger partial charge in [-0.3, -0.25) is 0 Å². The zero-order chi connectivity index (χ0) is 13.1. The Morgan fingerprint density at radius 3 is 2.28 bits per heavy atom. The van der Waals surface area contributed by atoms with Crippen LogP contribution >= 0.6 is 11.6 Å². The molecule has 0 radical (unpaired) electrons. The topological polar surface area (TPSA) is 35.5 Å². The van der Waals surface area contributed by atoms with E-state index < -0.39 is 0 Å². The fraction of sp³-hybridized carbons (Fsp3) is 0.143. The summed E-state index contributed by atoms with van der Waals surface area (Å²) in [5.74, 6) is 0.161. The van der Waals surface area contributed by atoms with E-state index in [4.69, 9.17) is 11.6 Å². The highest BCUT2D eigenvalue weighted by atomic mass is 35.5. The molecule has 0 aromatic heterocycles. The van der Waals surface area contributed by atoms with Gasteiger partial charge < -0.3 is 15.3 Å². The zero-order valence-corrected chi connectivity index (χ0v) is 11.1. The molecule has 94 valence electrons. The minimum Gasteiger partial charge on any atom is -0.508 e. The first-order valence-corrected chi connectivity index (χ1v) is 5.97. The summed E-state index contributed by atoms with van der Waals surface area (Å²) in [6.45, 7) is 0. The first-order chi connectivity index (χ1) is 8.56. The SMILES string of the molecule is CN(C)c1ccc(Nc2ccc(O)cc2Cl)cc1. The molecule has 2 N–H and O–H groups in total. The lowest BCUT2D eigenvalue weighted by Gasteiger charge is -2.14. The molecule has 0 saturated heterocycles. The van der Waals surface area contributed by atoms with Crippen LogP contribution in [0.2, 0.25) is 5.02 Å². The number of hydrogen-bond donors (Lipinski definition) is 2. The fourth-order valence-electron chi connectivity index (χ4n) is 1.60. The Labute approximate surface area is 112 Å².